The minimum atomic E-state index is -1.19. The van der Waals surface area contributed by atoms with E-state index in [4.69, 9.17) is 4.74 Å². The van der Waals surface area contributed by atoms with E-state index in [2.05, 4.69) is 0 Å². The Balaban J connectivity index is 2.28. The van der Waals surface area contributed by atoms with Crippen LogP contribution in [0, 0.1) is 0 Å². The molecule has 1 unspecified atom stereocenters. The van der Waals surface area contributed by atoms with Crippen molar-refractivity contribution < 1.29 is 19.4 Å². The topological polar surface area (TPSA) is 66.8 Å². The van der Waals surface area contributed by atoms with Gasteiger partial charge in [0.05, 0.1) is 6.61 Å². The number of carboxylic acids is 1. The fourth-order valence-electron chi connectivity index (χ4n) is 2.76. The molecule has 1 N–H and O–H groups in total. The molecular formula is C15H19NO4. The lowest BCUT2D eigenvalue weighted by molar-refractivity contribution is -0.148. The molecule has 1 heterocycles. The van der Waals surface area contributed by atoms with E-state index in [1.54, 1.807) is 6.92 Å². The van der Waals surface area contributed by atoms with Crippen LogP contribution >= 0.6 is 0 Å². The number of rotatable bonds is 4. The van der Waals surface area contributed by atoms with Crippen molar-refractivity contribution in [3.63, 3.8) is 0 Å². The molecule has 1 aromatic carbocycles. The van der Waals surface area contributed by atoms with Crippen molar-refractivity contribution >= 4 is 12.1 Å². The van der Waals surface area contributed by atoms with Crippen LogP contribution in [0.25, 0.3) is 0 Å². The van der Waals surface area contributed by atoms with Crippen molar-refractivity contribution in [3.8, 4) is 0 Å². The van der Waals surface area contributed by atoms with Gasteiger partial charge < -0.3 is 9.84 Å². The van der Waals surface area contributed by atoms with Gasteiger partial charge in [-0.1, -0.05) is 30.3 Å². The van der Waals surface area contributed by atoms with Gasteiger partial charge in [-0.3, -0.25) is 4.90 Å². The summed E-state index contributed by atoms with van der Waals surface area (Å²) in [6, 6.07) is 9.39. The van der Waals surface area contributed by atoms with E-state index >= 15 is 0 Å². The Kier molecular flexibility index (Phi) is 4.27. The molecular weight excluding hydrogens is 258 g/mol. The van der Waals surface area contributed by atoms with E-state index < -0.39 is 17.6 Å². The van der Waals surface area contributed by atoms with Crippen LogP contribution in [0.15, 0.2) is 30.3 Å². The summed E-state index contributed by atoms with van der Waals surface area (Å²) in [5.74, 6) is -0.966. The van der Waals surface area contributed by atoms with Crippen molar-refractivity contribution in [1.29, 1.82) is 0 Å². The number of nitrogens with zero attached hydrogens (tertiary/aromatic N) is 1. The second-order valence-corrected chi connectivity index (χ2v) is 4.95. The molecule has 0 radical (unpaired) electrons. The highest BCUT2D eigenvalue weighted by atomic mass is 16.6. The molecule has 5 heteroatoms. The average molecular weight is 277 g/mol. The Morgan fingerprint density at radius 2 is 2.05 bits per heavy atom. The molecule has 0 saturated carbocycles. The van der Waals surface area contributed by atoms with Crippen molar-refractivity contribution in [2.24, 2.45) is 0 Å². The highest BCUT2D eigenvalue weighted by molar-refractivity contribution is 5.85. The molecule has 1 amide bonds. The molecule has 2 rings (SSSR count). The normalized spacial score (nSPS) is 21.8. The number of hydrogen-bond acceptors (Lipinski definition) is 3. The molecule has 1 fully saturated rings. The standard InChI is InChI=1S/C15H19NO4/c1-2-20-14(19)16-10-6-9-15(16,13(17)18)11-12-7-4-3-5-8-12/h3-5,7-8H,2,6,9-11H2,1H3,(H,17,18). The summed E-state index contributed by atoms with van der Waals surface area (Å²) in [5.41, 5.74) is -0.278. The molecule has 20 heavy (non-hydrogen) atoms. The van der Waals surface area contributed by atoms with Crippen molar-refractivity contribution in [3.05, 3.63) is 35.9 Å². The van der Waals surface area contributed by atoms with Gasteiger partial charge >= 0.3 is 12.1 Å². The maximum Gasteiger partial charge on any atom is 0.410 e. The van der Waals surface area contributed by atoms with Gasteiger partial charge in [-0.05, 0) is 25.3 Å². The maximum absolute atomic E-state index is 12.0. The molecule has 1 atom stereocenters. The summed E-state index contributed by atoms with van der Waals surface area (Å²) < 4.78 is 4.99. The fraction of sp³-hybridized carbons (Fsp3) is 0.467. The zero-order chi connectivity index (χ0) is 14.6. The maximum atomic E-state index is 12.0. The quantitative estimate of drug-likeness (QED) is 0.917. The Morgan fingerprint density at radius 3 is 2.65 bits per heavy atom. The van der Waals surface area contributed by atoms with Gasteiger partial charge in [-0.25, -0.2) is 9.59 Å². The number of amides is 1. The van der Waals surface area contributed by atoms with Gasteiger partial charge in [-0.2, -0.15) is 0 Å². The molecule has 108 valence electrons. The number of carbonyl (C=O) groups is 2. The van der Waals surface area contributed by atoms with Crippen LogP contribution in [-0.2, 0) is 16.0 Å². The minimum absolute atomic E-state index is 0.246. The van der Waals surface area contributed by atoms with Crippen LogP contribution in [0.4, 0.5) is 4.79 Å². The first-order valence-corrected chi connectivity index (χ1v) is 6.82. The van der Waals surface area contributed by atoms with Crippen LogP contribution in [0.3, 0.4) is 0 Å². The van der Waals surface area contributed by atoms with Gasteiger partial charge in [0, 0.05) is 13.0 Å². The SMILES string of the molecule is CCOC(=O)N1CCCC1(Cc1ccccc1)C(=O)O. The number of likely N-dealkylation sites (tertiary alicyclic amines) is 1. The Bertz CT molecular complexity index is 488. The van der Waals surface area contributed by atoms with E-state index in [-0.39, 0.29) is 6.61 Å². The van der Waals surface area contributed by atoms with Crippen LogP contribution < -0.4 is 0 Å². The zero-order valence-corrected chi connectivity index (χ0v) is 11.5. The molecule has 1 aliphatic heterocycles. The number of benzene rings is 1. The molecule has 0 aromatic heterocycles. The van der Waals surface area contributed by atoms with Gasteiger partial charge in [0.25, 0.3) is 0 Å². The Morgan fingerprint density at radius 1 is 1.35 bits per heavy atom. The van der Waals surface area contributed by atoms with Gasteiger partial charge in [0.2, 0.25) is 0 Å². The molecule has 1 aliphatic rings. The first kappa shape index (κ1) is 14.4. The minimum Gasteiger partial charge on any atom is -0.479 e. The molecule has 0 spiro atoms. The van der Waals surface area contributed by atoms with Crippen LogP contribution in [0.2, 0.25) is 0 Å². The predicted molar refractivity (Wildman–Crippen MR) is 73.5 cm³/mol. The van der Waals surface area contributed by atoms with Crippen molar-refractivity contribution in [2.45, 2.75) is 31.7 Å². The number of carbonyl (C=O) groups excluding carboxylic acids is 1. The summed E-state index contributed by atoms with van der Waals surface area (Å²) in [7, 11) is 0. The van der Waals surface area contributed by atoms with E-state index in [0.29, 0.717) is 25.8 Å². The first-order valence-electron chi connectivity index (χ1n) is 6.82. The third kappa shape index (κ3) is 2.61. The molecule has 1 saturated heterocycles. The summed E-state index contributed by atoms with van der Waals surface area (Å²) >= 11 is 0. The fourth-order valence-corrected chi connectivity index (χ4v) is 2.76. The lowest BCUT2D eigenvalue weighted by atomic mass is 9.88. The third-order valence-electron chi connectivity index (χ3n) is 3.71. The second kappa shape index (κ2) is 5.94. The highest BCUT2D eigenvalue weighted by Gasteiger charge is 2.50. The highest BCUT2D eigenvalue weighted by Crippen LogP contribution is 2.33. The van der Waals surface area contributed by atoms with Crippen LogP contribution in [-0.4, -0.2) is 40.8 Å². The zero-order valence-electron chi connectivity index (χ0n) is 11.5. The van der Waals surface area contributed by atoms with Gasteiger partial charge in [0.15, 0.2) is 0 Å². The summed E-state index contributed by atoms with van der Waals surface area (Å²) in [4.78, 5) is 25.2. The van der Waals surface area contributed by atoms with Crippen molar-refractivity contribution in [1.82, 2.24) is 4.90 Å². The largest absolute Gasteiger partial charge is 0.479 e. The second-order valence-electron chi connectivity index (χ2n) is 4.95. The summed E-state index contributed by atoms with van der Waals surface area (Å²) in [6.07, 6.45) is 0.902. The third-order valence-corrected chi connectivity index (χ3v) is 3.71. The molecule has 5 nitrogen and oxygen atoms in total. The van der Waals surface area contributed by atoms with Crippen LogP contribution in [0.5, 0.6) is 0 Å². The van der Waals surface area contributed by atoms with E-state index in [1.807, 2.05) is 30.3 Å². The summed E-state index contributed by atoms with van der Waals surface area (Å²) in [6.45, 7) is 2.39. The van der Waals surface area contributed by atoms with Gasteiger partial charge in [0.1, 0.15) is 5.54 Å². The Labute approximate surface area is 118 Å². The van der Waals surface area contributed by atoms with E-state index in [9.17, 15) is 14.7 Å². The molecule has 1 aromatic rings. The van der Waals surface area contributed by atoms with E-state index in [0.717, 1.165) is 5.56 Å². The number of aliphatic carboxylic acids is 1. The van der Waals surface area contributed by atoms with Crippen molar-refractivity contribution in [2.75, 3.05) is 13.2 Å². The lowest BCUT2D eigenvalue weighted by Gasteiger charge is -2.34. The van der Waals surface area contributed by atoms with E-state index in [1.165, 1.54) is 4.90 Å². The Hall–Kier alpha value is -2.04. The first-order chi connectivity index (χ1) is 9.60. The number of carboxylic acid groups (broad SMARTS) is 1. The molecule has 0 aliphatic carbocycles. The smallest absolute Gasteiger partial charge is 0.410 e. The van der Waals surface area contributed by atoms with Gasteiger partial charge in [-0.15, -0.1) is 0 Å². The lowest BCUT2D eigenvalue weighted by Crippen LogP contribution is -2.54. The molecule has 0 bridgehead atoms. The summed E-state index contributed by atoms with van der Waals surface area (Å²) in [5, 5.41) is 9.66. The predicted octanol–water partition coefficient (Wildman–Crippen LogP) is 2.30. The average Bonchev–Trinajstić information content (AvgIpc) is 2.85. The number of ether oxygens (including phenoxy) is 1. The number of hydrogen-bond donors (Lipinski definition) is 1. The monoisotopic (exact) mass is 277 g/mol. The van der Waals surface area contributed by atoms with Crippen LogP contribution in [0.1, 0.15) is 25.3 Å².